The van der Waals surface area contributed by atoms with Crippen molar-refractivity contribution in [3.8, 4) is 5.69 Å². The average molecular weight is 304 g/mol. The van der Waals surface area contributed by atoms with Gasteiger partial charge in [-0.05, 0) is 48.9 Å². The van der Waals surface area contributed by atoms with Crippen molar-refractivity contribution in [3.63, 3.8) is 0 Å². The summed E-state index contributed by atoms with van der Waals surface area (Å²) in [4.78, 5) is 14.5. The van der Waals surface area contributed by atoms with Gasteiger partial charge in [0.05, 0.1) is 6.04 Å². The van der Waals surface area contributed by atoms with Crippen LogP contribution in [0, 0.1) is 0 Å². The molecule has 0 aliphatic rings. The molecule has 2 aromatic carbocycles. The molecule has 1 aromatic heterocycles. The maximum absolute atomic E-state index is 12.7. The van der Waals surface area contributed by atoms with Gasteiger partial charge in [-0.2, -0.15) is 0 Å². The Morgan fingerprint density at radius 2 is 1.52 bits per heavy atom. The minimum absolute atomic E-state index is 0.0282. The molecular formula is C20H20N2O. The topological polar surface area (TPSA) is 25.2 Å². The van der Waals surface area contributed by atoms with Crippen LogP contribution in [-0.2, 0) is 0 Å². The van der Waals surface area contributed by atoms with Crippen LogP contribution in [0.4, 0.5) is 0 Å². The molecule has 1 atom stereocenters. The van der Waals surface area contributed by atoms with E-state index in [4.69, 9.17) is 0 Å². The van der Waals surface area contributed by atoms with Crippen molar-refractivity contribution < 1.29 is 4.79 Å². The summed E-state index contributed by atoms with van der Waals surface area (Å²) < 4.78 is 2.02. The molecule has 0 N–H and O–H groups in total. The zero-order valence-corrected chi connectivity index (χ0v) is 13.4. The Kier molecular flexibility index (Phi) is 4.29. The zero-order chi connectivity index (χ0) is 16.2. The number of aromatic nitrogens is 1. The highest BCUT2D eigenvalue weighted by Crippen LogP contribution is 2.21. The van der Waals surface area contributed by atoms with E-state index in [0.29, 0.717) is 5.56 Å². The fourth-order valence-corrected chi connectivity index (χ4v) is 2.62. The number of carbonyl (C=O) groups is 1. The van der Waals surface area contributed by atoms with Crippen LogP contribution >= 0.6 is 0 Å². The summed E-state index contributed by atoms with van der Waals surface area (Å²) in [5.74, 6) is 0.0282. The van der Waals surface area contributed by atoms with E-state index < -0.39 is 0 Å². The van der Waals surface area contributed by atoms with Crippen molar-refractivity contribution in [2.75, 3.05) is 7.05 Å². The first kappa shape index (κ1) is 15.1. The zero-order valence-electron chi connectivity index (χ0n) is 13.4. The van der Waals surface area contributed by atoms with E-state index in [1.807, 2.05) is 97.7 Å². The van der Waals surface area contributed by atoms with Gasteiger partial charge >= 0.3 is 0 Å². The van der Waals surface area contributed by atoms with Crippen LogP contribution in [0.3, 0.4) is 0 Å². The van der Waals surface area contributed by atoms with E-state index in [1.54, 1.807) is 4.90 Å². The number of amides is 1. The van der Waals surface area contributed by atoms with Crippen LogP contribution in [0.2, 0.25) is 0 Å². The number of carbonyl (C=O) groups excluding carboxylic acids is 1. The molecule has 0 radical (unpaired) electrons. The smallest absolute Gasteiger partial charge is 0.254 e. The molecule has 0 bridgehead atoms. The third-order valence-corrected chi connectivity index (χ3v) is 4.20. The molecule has 3 rings (SSSR count). The maximum atomic E-state index is 12.7. The Morgan fingerprint density at radius 1 is 0.913 bits per heavy atom. The van der Waals surface area contributed by atoms with Gasteiger partial charge in [0.25, 0.3) is 5.91 Å². The van der Waals surface area contributed by atoms with Gasteiger partial charge in [0.1, 0.15) is 0 Å². The Morgan fingerprint density at radius 3 is 2.13 bits per heavy atom. The van der Waals surface area contributed by atoms with Crippen LogP contribution in [0.25, 0.3) is 5.69 Å². The molecule has 0 saturated carbocycles. The largest absolute Gasteiger partial charge is 0.335 e. The molecule has 0 aliphatic carbocycles. The summed E-state index contributed by atoms with van der Waals surface area (Å²) in [7, 11) is 1.85. The third kappa shape index (κ3) is 3.19. The van der Waals surface area contributed by atoms with Crippen molar-refractivity contribution in [1.82, 2.24) is 9.47 Å². The van der Waals surface area contributed by atoms with Gasteiger partial charge < -0.3 is 9.47 Å². The van der Waals surface area contributed by atoms with Crippen LogP contribution in [0.5, 0.6) is 0 Å². The Labute approximate surface area is 136 Å². The lowest BCUT2D eigenvalue weighted by Gasteiger charge is -2.25. The highest BCUT2D eigenvalue weighted by Gasteiger charge is 2.18. The molecule has 3 nitrogen and oxygen atoms in total. The molecule has 3 aromatic rings. The lowest BCUT2D eigenvalue weighted by molar-refractivity contribution is 0.0742. The number of benzene rings is 2. The van der Waals surface area contributed by atoms with Crippen molar-refractivity contribution in [2.45, 2.75) is 13.0 Å². The fourth-order valence-electron chi connectivity index (χ4n) is 2.62. The van der Waals surface area contributed by atoms with E-state index >= 15 is 0 Å². The Balaban J connectivity index is 1.77. The molecule has 0 aliphatic heterocycles. The minimum Gasteiger partial charge on any atom is -0.335 e. The molecule has 1 amide bonds. The maximum Gasteiger partial charge on any atom is 0.254 e. The quantitative estimate of drug-likeness (QED) is 0.705. The predicted octanol–water partition coefficient (Wildman–Crippen LogP) is 4.31. The van der Waals surface area contributed by atoms with E-state index in [0.717, 1.165) is 11.3 Å². The van der Waals surface area contributed by atoms with Crippen molar-refractivity contribution in [1.29, 1.82) is 0 Å². The van der Waals surface area contributed by atoms with Gasteiger partial charge in [-0.3, -0.25) is 4.79 Å². The predicted molar refractivity (Wildman–Crippen MR) is 92.7 cm³/mol. The molecule has 116 valence electrons. The number of hydrogen-bond acceptors (Lipinski definition) is 1. The second kappa shape index (κ2) is 6.53. The summed E-state index contributed by atoms with van der Waals surface area (Å²) in [5.41, 5.74) is 2.88. The molecule has 23 heavy (non-hydrogen) atoms. The van der Waals surface area contributed by atoms with Gasteiger partial charge in [0.15, 0.2) is 0 Å². The van der Waals surface area contributed by atoms with Crippen molar-refractivity contribution in [3.05, 3.63) is 90.3 Å². The molecule has 0 spiro atoms. The molecule has 0 fully saturated rings. The molecule has 0 unspecified atom stereocenters. The number of nitrogens with zero attached hydrogens (tertiary/aromatic N) is 2. The second-order valence-electron chi connectivity index (χ2n) is 5.64. The SMILES string of the molecule is C[C@@H](c1ccccc1)N(C)C(=O)c1ccc(-n2cccc2)cc1. The summed E-state index contributed by atoms with van der Waals surface area (Å²) in [6.45, 7) is 2.04. The van der Waals surface area contributed by atoms with E-state index in [2.05, 4.69) is 0 Å². The summed E-state index contributed by atoms with van der Waals surface area (Å²) in [5, 5.41) is 0. The normalized spacial score (nSPS) is 11.9. The van der Waals surface area contributed by atoms with Crippen LogP contribution < -0.4 is 0 Å². The van der Waals surface area contributed by atoms with E-state index in [-0.39, 0.29) is 11.9 Å². The lowest BCUT2D eigenvalue weighted by atomic mass is 10.1. The van der Waals surface area contributed by atoms with E-state index in [9.17, 15) is 4.79 Å². The lowest BCUT2D eigenvalue weighted by Crippen LogP contribution is -2.29. The number of rotatable bonds is 4. The first-order chi connectivity index (χ1) is 11.2. The fraction of sp³-hybridized carbons (Fsp3) is 0.150. The molecule has 0 saturated heterocycles. The van der Waals surface area contributed by atoms with Crippen molar-refractivity contribution in [2.24, 2.45) is 0 Å². The first-order valence-electron chi connectivity index (χ1n) is 7.72. The Bertz CT molecular complexity index is 761. The molecular weight excluding hydrogens is 284 g/mol. The van der Waals surface area contributed by atoms with Gasteiger partial charge in [0.2, 0.25) is 0 Å². The summed E-state index contributed by atoms with van der Waals surface area (Å²) in [6.07, 6.45) is 3.97. The highest BCUT2D eigenvalue weighted by molar-refractivity contribution is 5.94. The second-order valence-corrected chi connectivity index (χ2v) is 5.64. The third-order valence-electron chi connectivity index (χ3n) is 4.20. The first-order valence-corrected chi connectivity index (χ1v) is 7.72. The minimum atomic E-state index is 0.0282. The van der Waals surface area contributed by atoms with Crippen molar-refractivity contribution >= 4 is 5.91 Å². The van der Waals surface area contributed by atoms with E-state index in [1.165, 1.54) is 0 Å². The van der Waals surface area contributed by atoms with Gasteiger partial charge in [-0.1, -0.05) is 30.3 Å². The van der Waals surface area contributed by atoms with Gasteiger partial charge in [-0.25, -0.2) is 0 Å². The molecule has 1 heterocycles. The monoisotopic (exact) mass is 304 g/mol. The summed E-state index contributed by atoms with van der Waals surface area (Å²) >= 11 is 0. The average Bonchev–Trinajstić information content (AvgIpc) is 3.15. The molecule has 3 heteroatoms. The highest BCUT2D eigenvalue weighted by atomic mass is 16.2. The standard InChI is InChI=1S/C20H20N2O/c1-16(17-8-4-3-5-9-17)21(2)20(23)18-10-12-19(13-11-18)22-14-6-7-15-22/h3-16H,1-2H3/t16-/m0/s1. The van der Waals surface area contributed by atoms with Gasteiger partial charge in [0, 0.05) is 30.7 Å². The van der Waals surface area contributed by atoms with Crippen LogP contribution in [-0.4, -0.2) is 22.4 Å². The summed E-state index contributed by atoms with van der Waals surface area (Å²) in [6, 6.07) is 21.8. The van der Waals surface area contributed by atoms with Crippen LogP contribution in [0.15, 0.2) is 79.1 Å². The number of hydrogen-bond donors (Lipinski definition) is 0. The van der Waals surface area contributed by atoms with Gasteiger partial charge in [-0.15, -0.1) is 0 Å². The Hall–Kier alpha value is -2.81. The van der Waals surface area contributed by atoms with Crippen LogP contribution in [0.1, 0.15) is 28.9 Å².